The van der Waals surface area contributed by atoms with Gasteiger partial charge in [0.15, 0.2) is 6.10 Å². The Morgan fingerprint density at radius 1 is 1.17 bits per heavy atom. The van der Waals surface area contributed by atoms with Crippen LogP contribution in [0.25, 0.3) is 0 Å². The van der Waals surface area contributed by atoms with Crippen LogP contribution in [0.5, 0.6) is 5.75 Å². The third kappa shape index (κ3) is 5.85. The molecule has 0 spiro atoms. The number of carbonyl (C=O) groups excluding carboxylic acids is 1. The third-order valence-electron chi connectivity index (χ3n) is 3.61. The second-order valence-corrected chi connectivity index (χ2v) is 5.93. The van der Waals surface area contributed by atoms with Gasteiger partial charge in [-0.1, -0.05) is 30.7 Å². The molecule has 1 atom stereocenters. The van der Waals surface area contributed by atoms with Crippen molar-refractivity contribution in [3.63, 3.8) is 0 Å². The second-order valence-electron chi connectivity index (χ2n) is 5.49. The molecule has 0 bridgehead atoms. The zero-order valence-corrected chi connectivity index (χ0v) is 14.4. The van der Waals surface area contributed by atoms with E-state index in [-0.39, 0.29) is 11.7 Å². The molecule has 0 aliphatic carbocycles. The summed E-state index contributed by atoms with van der Waals surface area (Å²) in [6.07, 6.45) is 1.67. The SMILES string of the molecule is CC[C@@H](Oc1ccc(F)cc1)C(=O)NCCCc1ccc(Cl)cc1. The van der Waals surface area contributed by atoms with Crippen LogP contribution in [0.1, 0.15) is 25.3 Å². The number of nitrogens with one attached hydrogen (secondary N) is 1. The lowest BCUT2D eigenvalue weighted by molar-refractivity contribution is -0.128. The first-order valence-electron chi connectivity index (χ1n) is 8.03. The summed E-state index contributed by atoms with van der Waals surface area (Å²) < 4.78 is 18.5. The third-order valence-corrected chi connectivity index (χ3v) is 3.86. The van der Waals surface area contributed by atoms with Crippen LogP contribution in [-0.4, -0.2) is 18.6 Å². The van der Waals surface area contributed by atoms with Crippen LogP contribution in [-0.2, 0) is 11.2 Å². The molecule has 1 N–H and O–H groups in total. The predicted octanol–water partition coefficient (Wildman–Crippen LogP) is 4.39. The largest absolute Gasteiger partial charge is 0.481 e. The summed E-state index contributed by atoms with van der Waals surface area (Å²) in [5.74, 6) is -0.000421. The first kappa shape index (κ1) is 18.3. The molecule has 24 heavy (non-hydrogen) atoms. The van der Waals surface area contributed by atoms with Gasteiger partial charge in [-0.25, -0.2) is 4.39 Å². The molecule has 1 amide bonds. The average Bonchev–Trinajstić information content (AvgIpc) is 2.59. The minimum absolute atomic E-state index is 0.155. The number of hydrogen-bond donors (Lipinski definition) is 1. The highest BCUT2D eigenvalue weighted by Crippen LogP contribution is 2.14. The van der Waals surface area contributed by atoms with Crippen molar-refractivity contribution in [2.24, 2.45) is 0 Å². The summed E-state index contributed by atoms with van der Waals surface area (Å²) in [6, 6.07) is 13.3. The van der Waals surface area contributed by atoms with Gasteiger partial charge in [0.25, 0.3) is 5.91 Å². The molecule has 2 rings (SSSR count). The van der Waals surface area contributed by atoms with E-state index in [1.54, 1.807) is 0 Å². The van der Waals surface area contributed by atoms with Crippen molar-refractivity contribution in [2.75, 3.05) is 6.54 Å². The average molecular weight is 350 g/mol. The smallest absolute Gasteiger partial charge is 0.261 e. The quantitative estimate of drug-likeness (QED) is 0.718. The highest BCUT2D eigenvalue weighted by Gasteiger charge is 2.17. The summed E-state index contributed by atoms with van der Waals surface area (Å²) in [5, 5.41) is 3.60. The molecule has 0 saturated heterocycles. The topological polar surface area (TPSA) is 38.3 Å². The molecule has 0 aromatic heterocycles. The number of carbonyl (C=O) groups is 1. The maximum absolute atomic E-state index is 12.9. The molecule has 3 nitrogen and oxygen atoms in total. The van der Waals surface area contributed by atoms with E-state index < -0.39 is 6.10 Å². The van der Waals surface area contributed by atoms with Crippen LogP contribution in [0, 0.1) is 5.82 Å². The number of aryl methyl sites for hydroxylation is 1. The lowest BCUT2D eigenvalue weighted by Crippen LogP contribution is -2.38. The first-order valence-corrected chi connectivity index (χ1v) is 8.40. The van der Waals surface area contributed by atoms with E-state index in [1.165, 1.54) is 29.8 Å². The lowest BCUT2D eigenvalue weighted by atomic mass is 10.1. The van der Waals surface area contributed by atoms with Crippen molar-refractivity contribution < 1.29 is 13.9 Å². The van der Waals surface area contributed by atoms with E-state index in [9.17, 15) is 9.18 Å². The molecule has 0 saturated carbocycles. The Morgan fingerprint density at radius 2 is 1.83 bits per heavy atom. The minimum Gasteiger partial charge on any atom is -0.481 e. The zero-order valence-electron chi connectivity index (χ0n) is 13.6. The van der Waals surface area contributed by atoms with Crippen LogP contribution in [0.4, 0.5) is 4.39 Å². The van der Waals surface area contributed by atoms with Crippen LogP contribution >= 0.6 is 11.6 Å². The maximum atomic E-state index is 12.9. The lowest BCUT2D eigenvalue weighted by Gasteiger charge is -2.17. The van der Waals surface area contributed by atoms with E-state index in [0.717, 1.165) is 17.9 Å². The van der Waals surface area contributed by atoms with Crippen molar-refractivity contribution >= 4 is 17.5 Å². The van der Waals surface area contributed by atoms with Crippen molar-refractivity contribution in [1.82, 2.24) is 5.32 Å². The second kappa shape index (κ2) is 9.28. The summed E-state index contributed by atoms with van der Waals surface area (Å²) in [6.45, 7) is 2.45. The summed E-state index contributed by atoms with van der Waals surface area (Å²) in [4.78, 5) is 12.2. The fourth-order valence-corrected chi connectivity index (χ4v) is 2.39. The van der Waals surface area contributed by atoms with Gasteiger partial charge in [0.1, 0.15) is 11.6 Å². The molecule has 0 aliphatic heterocycles. The summed E-state index contributed by atoms with van der Waals surface area (Å²) in [5.41, 5.74) is 1.18. The van der Waals surface area contributed by atoms with Crippen LogP contribution in [0.3, 0.4) is 0 Å². The number of amides is 1. The Labute approximate surface area is 146 Å². The molecule has 2 aromatic rings. The summed E-state index contributed by atoms with van der Waals surface area (Å²) >= 11 is 5.85. The van der Waals surface area contributed by atoms with Gasteiger partial charge in [0.2, 0.25) is 0 Å². The molecule has 0 unspecified atom stereocenters. The van der Waals surface area contributed by atoms with E-state index in [0.29, 0.717) is 18.7 Å². The van der Waals surface area contributed by atoms with Gasteiger partial charge >= 0.3 is 0 Å². The van der Waals surface area contributed by atoms with Gasteiger partial charge in [-0.3, -0.25) is 4.79 Å². The number of halogens is 2. The minimum atomic E-state index is -0.578. The van der Waals surface area contributed by atoms with E-state index in [1.807, 2.05) is 31.2 Å². The molecule has 2 aromatic carbocycles. The molecular formula is C19H21ClFNO2. The fraction of sp³-hybridized carbons (Fsp3) is 0.316. The van der Waals surface area contributed by atoms with Gasteiger partial charge in [0.05, 0.1) is 0 Å². The Bertz CT molecular complexity index is 643. The Kier molecular flexibility index (Phi) is 7.07. The van der Waals surface area contributed by atoms with Gasteiger partial charge in [-0.05, 0) is 61.2 Å². The standard InChI is InChI=1S/C19H21ClFNO2/c1-2-18(24-17-11-9-16(21)10-12-17)19(23)22-13-3-4-14-5-7-15(20)8-6-14/h5-12,18H,2-4,13H2,1H3,(H,22,23)/t18-/m1/s1. The number of benzene rings is 2. The molecule has 0 aliphatic rings. The van der Waals surface area contributed by atoms with Crippen molar-refractivity contribution in [3.8, 4) is 5.75 Å². The number of rotatable bonds is 8. The molecule has 0 fully saturated rings. The highest BCUT2D eigenvalue weighted by molar-refractivity contribution is 6.30. The van der Waals surface area contributed by atoms with Gasteiger partial charge in [-0.2, -0.15) is 0 Å². The maximum Gasteiger partial charge on any atom is 0.261 e. The Hall–Kier alpha value is -2.07. The molecule has 0 heterocycles. The van der Waals surface area contributed by atoms with Crippen molar-refractivity contribution in [3.05, 3.63) is 64.9 Å². The molecular weight excluding hydrogens is 329 g/mol. The Morgan fingerprint density at radius 3 is 2.46 bits per heavy atom. The monoisotopic (exact) mass is 349 g/mol. The normalized spacial score (nSPS) is 11.8. The predicted molar refractivity (Wildman–Crippen MR) is 93.9 cm³/mol. The van der Waals surface area contributed by atoms with Crippen molar-refractivity contribution in [2.45, 2.75) is 32.3 Å². The van der Waals surface area contributed by atoms with E-state index in [4.69, 9.17) is 16.3 Å². The van der Waals surface area contributed by atoms with Gasteiger partial charge in [0, 0.05) is 11.6 Å². The Balaban J connectivity index is 1.75. The van der Waals surface area contributed by atoms with Gasteiger partial charge < -0.3 is 10.1 Å². The van der Waals surface area contributed by atoms with Gasteiger partial charge in [-0.15, -0.1) is 0 Å². The fourth-order valence-electron chi connectivity index (χ4n) is 2.27. The molecule has 5 heteroatoms. The summed E-state index contributed by atoms with van der Waals surface area (Å²) in [7, 11) is 0. The molecule has 128 valence electrons. The van der Waals surface area contributed by atoms with E-state index in [2.05, 4.69) is 5.32 Å². The molecule has 0 radical (unpaired) electrons. The van der Waals surface area contributed by atoms with E-state index >= 15 is 0 Å². The van der Waals surface area contributed by atoms with Crippen LogP contribution < -0.4 is 10.1 Å². The van der Waals surface area contributed by atoms with Crippen LogP contribution in [0.2, 0.25) is 5.02 Å². The zero-order chi connectivity index (χ0) is 17.4. The first-order chi connectivity index (χ1) is 11.6. The highest BCUT2D eigenvalue weighted by atomic mass is 35.5. The number of ether oxygens (including phenoxy) is 1. The number of hydrogen-bond acceptors (Lipinski definition) is 2. The van der Waals surface area contributed by atoms with Crippen LogP contribution in [0.15, 0.2) is 48.5 Å². The van der Waals surface area contributed by atoms with Crippen molar-refractivity contribution in [1.29, 1.82) is 0 Å².